The number of nitrogens with one attached hydrogen (secondary N) is 1. The normalized spacial score (nSPS) is 20.1. The van der Waals surface area contributed by atoms with Crippen molar-refractivity contribution in [1.29, 1.82) is 0 Å². The molecule has 0 aliphatic carbocycles. The molecule has 2 nitrogen and oxygen atoms in total. The van der Waals surface area contributed by atoms with Crippen molar-refractivity contribution in [3.8, 4) is 0 Å². The molecule has 0 fully saturated rings. The van der Waals surface area contributed by atoms with Crippen molar-refractivity contribution < 1.29 is 0 Å². The molecule has 1 aliphatic rings. The topological polar surface area (TPSA) is 15.3 Å². The van der Waals surface area contributed by atoms with Gasteiger partial charge in [-0.25, -0.2) is 0 Å². The quantitative estimate of drug-likeness (QED) is 0.711. The van der Waals surface area contributed by atoms with Crippen molar-refractivity contribution in [3.05, 3.63) is 28.3 Å². The highest BCUT2D eigenvalue weighted by atomic mass is 35.5. The molecule has 0 unspecified atom stereocenters. The van der Waals surface area contributed by atoms with Gasteiger partial charge in [-0.1, -0.05) is 38.4 Å². The molecule has 1 aromatic rings. The van der Waals surface area contributed by atoms with Gasteiger partial charge in [0, 0.05) is 29.3 Å². The summed E-state index contributed by atoms with van der Waals surface area (Å²) in [4.78, 5) is 2.55. The molecule has 22 heavy (non-hydrogen) atoms. The molecule has 1 heterocycles. The van der Waals surface area contributed by atoms with Gasteiger partial charge in [-0.3, -0.25) is 0 Å². The summed E-state index contributed by atoms with van der Waals surface area (Å²) in [5.74, 6) is 0.584. The van der Waals surface area contributed by atoms with E-state index >= 15 is 0 Å². The van der Waals surface area contributed by atoms with Crippen molar-refractivity contribution in [3.63, 3.8) is 0 Å². The van der Waals surface area contributed by atoms with Gasteiger partial charge in [-0.15, -0.1) is 0 Å². The fourth-order valence-corrected chi connectivity index (χ4v) is 3.96. The number of anilines is 1. The number of halogens is 1. The molecule has 0 saturated heterocycles. The van der Waals surface area contributed by atoms with Gasteiger partial charge in [0.2, 0.25) is 0 Å². The molecule has 2 rings (SSSR count). The highest BCUT2D eigenvalue weighted by Gasteiger charge is 2.36. The maximum absolute atomic E-state index is 6.58. The summed E-state index contributed by atoms with van der Waals surface area (Å²) in [5.41, 5.74) is 4.24. The van der Waals surface area contributed by atoms with E-state index in [1.807, 2.05) is 0 Å². The molecule has 124 valence electrons. The number of benzene rings is 1. The van der Waals surface area contributed by atoms with Gasteiger partial charge in [0.25, 0.3) is 0 Å². The van der Waals surface area contributed by atoms with Crippen molar-refractivity contribution in [2.75, 3.05) is 18.0 Å². The number of rotatable bonds is 6. The van der Waals surface area contributed by atoms with E-state index in [0.717, 1.165) is 37.5 Å². The minimum atomic E-state index is 0.202. The Morgan fingerprint density at radius 3 is 2.64 bits per heavy atom. The monoisotopic (exact) mass is 322 g/mol. The summed E-state index contributed by atoms with van der Waals surface area (Å²) < 4.78 is 0. The van der Waals surface area contributed by atoms with Gasteiger partial charge in [0.15, 0.2) is 0 Å². The van der Waals surface area contributed by atoms with Gasteiger partial charge >= 0.3 is 0 Å². The van der Waals surface area contributed by atoms with E-state index in [1.165, 1.54) is 23.2 Å². The second kappa shape index (κ2) is 7.23. The van der Waals surface area contributed by atoms with E-state index in [-0.39, 0.29) is 5.54 Å². The zero-order chi connectivity index (χ0) is 16.3. The van der Waals surface area contributed by atoms with Crippen LogP contribution in [-0.2, 0) is 6.54 Å². The SMILES string of the molecule is CCCNCc1cc2c(cc1Cl)N(CCC)C(C)(C)C[C@H]2C. The van der Waals surface area contributed by atoms with E-state index in [4.69, 9.17) is 11.6 Å². The lowest BCUT2D eigenvalue weighted by Gasteiger charge is -2.48. The Kier molecular flexibility index (Phi) is 5.79. The van der Waals surface area contributed by atoms with Crippen LogP contribution in [0.15, 0.2) is 12.1 Å². The Hall–Kier alpha value is -0.730. The minimum absolute atomic E-state index is 0.202. The third-order valence-electron chi connectivity index (χ3n) is 4.74. The molecule has 3 heteroatoms. The van der Waals surface area contributed by atoms with Gasteiger partial charge in [0.05, 0.1) is 0 Å². The first-order chi connectivity index (χ1) is 10.4. The smallest absolute Gasteiger partial charge is 0.0471 e. The second-order valence-electron chi connectivity index (χ2n) is 7.25. The molecule has 1 atom stereocenters. The molecular weight excluding hydrogens is 292 g/mol. The molecule has 0 aromatic heterocycles. The highest BCUT2D eigenvalue weighted by molar-refractivity contribution is 6.31. The lowest BCUT2D eigenvalue weighted by atomic mass is 9.79. The summed E-state index contributed by atoms with van der Waals surface area (Å²) in [6.45, 7) is 14.5. The fraction of sp³-hybridized carbons (Fsp3) is 0.684. The summed E-state index contributed by atoms with van der Waals surface area (Å²) in [6, 6.07) is 4.54. The van der Waals surface area contributed by atoms with Crippen LogP contribution >= 0.6 is 11.6 Å². The van der Waals surface area contributed by atoms with E-state index in [0.29, 0.717) is 5.92 Å². The minimum Gasteiger partial charge on any atom is -0.366 e. The average molecular weight is 323 g/mol. The highest BCUT2D eigenvalue weighted by Crippen LogP contribution is 2.45. The van der Waals surface area contributed by atoms with Crippen LogP contribution in [0.1, 0.15) is 70.9 Å². The van der Waals surface area contributed by atoms with Crippen LogP contribution in [0.25, 0.3) is 0 Å². The van der Waals surface area contributed by atoms with Crippen LogP contribution in [-0.4, -0.2) is 18.6 Å². The lowest BCUT2D eigenvalue weighted by Crippen LogP contribution is -2.48. The zero-order valence-electron chi connectivity index (χ0n) is 14.8. The molecule has 0 amide bonds. The van der Waals surface area contributed by atoms with E-state index in [9.17, 15) is 0 Å². The van der Waals surface area contributed by atoms with Crippen molar-refractivity contribution in [1.82, 2.24) is 5.32 Å². The Bertz CT molecular complexity index is 510. The predicted octanol–water partition coefficient (Wildman–Crippen LogP) is 5.34. The Labute approximate surface area is 141 Å². The molecule has 1 aliphatic heterocycles. The number of nitrogens with zero attached hydrogens (tertiary/aromatic N) is 1. The number of fused-ring (bicyclic) bond motifs is 1. The van der Waals surface area contributed by atoms with E-state index in [1.54, 1.807) is 0 Å². The molecular formula is C19H31ClN2. The average Bonchev–Trinajstić information content (AvgIpc) is 2.44. The molecule has 0 bridgehead atoms. The third kappa shape index (κ3) is 3.60. The van der Waals surface area contributed by atoms with E-state index < -0.39 is 0 Å². The third-order valence-corrected chi connectivity index (χ3v) is 5.10. The van der Waals surface area contributed by atoms with Gasteiger partial charge in [-0.05, 0) is 62.8 Å². The van der Waals surface area contributed by atoms with Gasteiger partial charge in [-0.2, -0.15) is 0 Å². The molecule has 0 saturated carbocycles. The second-order valence-corrected chi connectivity index (χ2v) is 7.66. The van der Waals surface area contributed by atoms with Gasteiger partial charge in [0.1, 0.15) is 0 Å². The number of hydrogen-bond donors (Lipinski definition) is 1. The lowest BCUT2D eigenvalue weighted by molar-refractivity contribution is 0.376. The standard InChI is InChI=1S/C19H31ClN2/c1-6-8-21-13-15-10-16-14(3)12-19(4,5)22(9-7-2)18(16)11-17(15)20/h10-11,14,21H,6-9,12-13H2,1-5H3/t14-/m1/s1. The van der Waals surface area contributed by atoms with Crippen LogP contribution in [0.2, 0.25) is 5.02 Å². The summed E-state index contributed by atoms with van der Waals surface area (Å²) in [5, 5.41) is 4.37. The summed E-state index contributed by atoms with van der Waals surface area (Å²) in [7, 11) is 0. The molecule has 1 N–H and O–H groups in total. The number of hydrogen-bond acceptors (Lipinski definition) is 2. The fourth-order valence-electron chi connectivity index (χ4n) is 3.73. The maximum Gasteiger partial charge on any atom is 0.0471 e. The first-order valence-corrected chi connectivity index (χ1v) is 9.09. The molecule has 0 spiro atoms. The van der Waals surface area contributed by atoms with Crippen molar-refractivity contribution >= 4 is 17.3 Å². The van der Waals surface area contributed by atoms with Gasteiger partial charge < -0.3 is 10.2 Å². The Morgan fingerprint density at radius 1 is 1.27 bits per heavy atom. The first kappa shape index (κ1) is 17.6. The Balaban J connectivity index is 2.37. The predicted molar refractivity (Wildman–Crippen MR) is 98.2 cm³/mol. The van der Waals surface area contributed by atoms with Crippen LogP contribution < -0.4 is 10.2 Å². The van der Waals surface area contributed by atoms with Crippen molar-refractivity contribution in [2.45, 2.75) is 71.9 Å². The maximum atomic E-state index is 6.58. The van der Waals surface area contributed by atoms with Crippen molar-refractivity contribution in [2.24, 2.45) is 0 Å². The molecule has 1 aromatic carbocycles. The summed E-state index contributed by atoms with van der Waals surface area (Å²) in [6.07, 6.45) is 3.51. The van der Waals surface area contributed by atoms with Crippen LogP contribution in [0.5, 0.6) is 0 Å². The largest absolute Gasteiger partial charge is 0.366 e. The van der Waals surface area contributed by atoms with E-state index in [2.05, 4.69) is 57.0 Å². The molecule has 0 radical (unpaired) electrons. The summed E-state index contributed by atoms with van der Waals surface area (Å²) >= 11 is 6.58. The van der Waals surface area contributed by atoms with Crippen LogP contribution in [0.4, 0.5) is 5.69 Å². The van der Waals surface area contributed by atoms with Crippen LogP contribution in [0.3, 0.4) is 0 Å². The zero-order valence-corrected chi connectivity index (χ0v) is 15.6. The Morgan fingerprint density at radius 2 is 2.00 bits per heavy atom. The van der Waals surface area contributed by atoms with Crippen LogP contribution in [0, 0.1) is 0 Å². The first-order valence-electron chi connectivity index (χ1n) is 8.71.